The highest BCUT2D eigenvalue weighted by atomic mass is 127. The van der Waals surface area contributed by atoms with Gasteiger partial charge in [0.2, 0.25) is 0 Å². The quantitative estimate of drug-likeness (QED) is 0.271. The number of benzene rings is 1. The number of aliphatic carboxylic acids is 1. The summed E-state index contributed by atoms with van der Waals surface area (Å²) in [7, 11) is 0. The van der Waals surface area contributed by atoms with Crippen LogP contribution in [-0.2, 0) is 11.3 Å². The van der Waals surface area contributed by atoms with Crippen molar-refractivity contribution in [2.75, 3.05) is 11.9 Å². The third kappa shape index (κ3) is 5.63. The monoisotopic (exact) mass is 498 g/mol. The van der Waals surface area contributed by atoms with Crippen LogP contribution >= 0.6 is 34.2 Å². The lowest BCUT2D eigenvalue weighted by Crippen LogP contribution is -2.47. The number of rotatable bonds is 6. The van der Waals surface area contributed by atoms with Crippen molar-refractivity contribution in [3.63, 3.8) is 0 Å². The fourth-order valence-corrected chi connectivity index (χ4v) is 4.24. The molecule has 1 aliphatic heterocycles. The summed E-state index contributed by atoms with van der Waals surface area (Å²) in [4.78, 5) is 21.6. The first-order chi connectivity index (χ1) is 13.0. The predicted octanol–water partition coefficient (Wildman–Crippen LogP) is 4.07. The van der Waals surface area contributed by atoms with Crippen molar-refractivity contribution < 1.29 is 9.90 Å². The number of hydrogen-bond acceptors (Lipinski definition) is 5. The van der Waals surface area contributed by atoms with E-state index < -0.39 is 5.97 Å². The Morgan fingerprint density at radius 2 is 2.19 bits per heavy atom. The Balaban J connectivity index is 1.63. The number of likely N-dealkylation sites (tertiary alicyclic amines) is 1. The molecular formula is C19H20ClIN4O2. The SMILES string of the molecule is O=C(O)C=Cc1cnc(N[C@@H]2CCCN(Cc3ccccc3Cl)C2I)cn1. The Morgan fingerprint density at radius 3 is 2.89 bits per heavy atom. The second-order valence-electron chi connectivity index (χ2n) is 6.33. The number of piperidine rings is 1. The summed E-state index contributed by atoms with van der Waals surface area (Å²) < 4.78 is 0.293. The minimum atomic E-state index is -1.01. The topological polar surface area (TPSA) is 78.3 Å². The Hall–Kier alpha value is -1.71. The van der Waals surface area contributed by atoms with Crippen molar-refractivity contribution in [3.05, 3.63) is 59.0 Å². The first kappa shape index (κ1) is 20.0. The van der Waals surface area contributed by atoms with Gasteiger partial charge in [-0.1, -0.05) is 52.4 Å². The second-order valence-corrected chi connectivity index (χ2v) is 8.01. The predicted molar refractivity (Wildman–Crippen MR) is 115 cm³/mol. The van der Waals surface area contributed by atoms with Gasteiger partial charge in [0, 0.05) is 17.6 Å². The van der Waals surface area contributed by atoms with Gasteiger partial charge in [-0.2, -0.15) is 0 Å². The molecule has 0 spiro atoms. The van der Waals surface area contributed by atoms with Gasteiger partial charge in [-0.05, 0) is 37.1 Å². The first-order valence-corrected chi connectivity index (χ1v) is 10.3. The van der Waals surface area contributed by atoms with Crippen molar-refractivity contribution in [1.82, 2.24) is 14.9 Å². The number of carbonyl (C=O) groups is 1. The molecule has 2 N–H and O–H groups in total. The molecule has 8 heteroatoms. The zero-order valence-corrected chi connectivity index (χ0v) is 17.5. The van der Waals surface area contributed by atoms with E-state index in [1.165, 1.54) is 6.08 Å². The van der Waals surface area contributed by atoms with E-state index in [1.54, 1.807) is 12.4 Å². The van der Waals surface area contributed by atoms with Crippen LogP contribution in [0.5, 0.6) is 0 Å². The Kier molecular flexibility index (Phi) is 7.03. The summed E-state index contributed by atoms with van der Waals surface area (Å²) >= 11 is 8.78. The molecule has 1 unspecified atom stereocenters. The molecule has 2 atom stereocenters. The molecule has 1 aromatic heterocycles. The highest BCUT2D eigenvalue weighted by molar-refractivity contribution is 14.1. The maximum absolute atomic E-state index is 10.6. The first-order valence-electron chi connectivity index (χ1n) is 8.64. The number of carboxylic acid groups (broad SMARTS) is 1. The van der Waals surface area contributed by atoms with Crippen LogP contribution in [0.25, 0.3) is 6.08 Å². The largest absolute Gasteiger partial charge is 0.478 e. The van der Waals surface area contributed by atoms with E-state index in [9.17, 15) is 4.79 Å². The van der Waals surface area contributed by atoms with Gasteiger partial charge in [-0.3, -0.25) is 9.88 Å². The van der Waals surface area contributed by atoms with Gasteiger partial charge in [0.1, 0.15) is 5.82 Å². The number of nitrogens with one attached hydrogen (secondary N) is 1. The van der Waals surface area contributed by atoms with Crippen molar-refractivity contribution in [2.45, 2.75) is 29.5 Å². The average molecular weight is 499 g/mol. The average Bonchev–Trinajstić information content (AvgIpc) is 2.66. The minimum Gasteiger partial charge on any atom is -0.478 e. The number of aromatic nitrogens is 2. The zero-order chi connectivity index (χ0) is 19.2. The molecule has 1 saturated heterocycles. The van der Waals surface area contributed by atoms with Crippen LogP contribution in [0.3, 0.4) is 0 Å². The Morgan fingerprint density at radius 1 is 1.37 bits per heavy atom. The second kappa shape index (κ2) is 9.48. The van der Waals surface area contributed by atoms with Crippen LogP contribution in [0, 0.1) is 0 Å². The standard InChI is InChI=1S/C19H20ClIN4O2/c20-15-5-2-1-4-13(15)12-25-9-3-6-16(19(25)21)24-17-11-22-14(10-23-17)7-8-18(26)27/h1-2,4-5,7-8,10-11,16,19H,3,6,9,12H2,(H,23,24)(H,26,27)/t16-,19?/m1/s1. The highest BCUT2D eigenvalue weighted by Crippen LogP contribution is 2.28. The minimum absolute atomic E-state index is 0.247. The lowest BCUT2D eigenvalue weighted by Gasteiger charge is -2.38. The highest BCUT2D eigenvalue weighted by Gasteiger charge is 2.29. The summed E-state index contributed by atoms with van der Waals surface area (Å²) in [5.74, 6) is -0.318. The maximum atomic E-state index is 10.6. The van der Waals surface area contributed by atoms with Crippen LogP contribution < -0.4 is 5.32 Å². The summed E-state index contributed by atoms with van der Waals surface area (Å²) in [5, 5.41) is 12.9. The molecule has 142 valence electrons. The van der Waals surface area contributed by atoms with Crippen LogP contribution in [-0.4, -0.2) is 42.6 Å². The summed E-state index contributed by atoms with van der Waals surface area (Å²) in [6, 6.07) is 8.20. The van der Waals surface area contributed by atoms with Gasteiger partial charge in [0.05, 0.1) is 28.2 Å². The van der Waals surface area contributed by atoms with Crippen LogP contribution in [0.1, 0.15) is 24.1 Å². The molecule has 0 saturated carbocycles. The van der Waals surface area contributed by atoms with E-state index in [2.05, 4.69) is 48.8 Å². The van der Waals surface area contributed by atoms with Gasteiger partial charge in [-0.25, -0.2) is 9.78 Å². The smallest absolute Gasteiger partial charge is 0.328 e. The van der Waals surface area contributed by atoms with Crippen molar-refractivity contribution >= 4 is 52.1 Å². The van der Waals surface area contributed by atoms with E-state index in [0.717, 1.165) is 42.6 Å². The van der Waals surface area contributed by atoms with Crippen LogP contribution in [0.15, 0.2) is 42.7 Å². The summed E-state index contributed by atoms with van der Waals surface area (Å²) in [5.41, 5.74) is 1.65. The molecular weight excluding hydrogens is 479 g/mol. The number of carboxylic acids is 1. The molecule has 1 fully saturated rings. The number of nitrogens with zero attached hydrogens (tertiary/aromatic N) is 3. The Bertz CT molecular complexity index is 816. The molecule has 6 nitrogen and oxygen atoms in total. The number of alkyl halides is 1. The van der Waals surface area contributed by atoms with Crippen molar-refractivity contribution in [2.24, 2.45) is 0 Å². The van der Waals surface area contributed by atoms with E-state index >= 15 is 0 Å². The molecule has 0 radical (unpaired) electrons. The lowest BCUT2D eigenvalue weighted by atomic mass is 10.0. The Labute approximate surface area is 176 Å². The molecule has 2 aromatic rings. The van der Waals surface area contributed by atoms with Crippen LogP contribution in [0.4, 0.5) is 5.82 Å². The molecule has 0 bridgehead atoms. The molecule has 0 amide bonds. The van der Waals surface area contributed by atoms with E-state index in [-0.39, 0.29) is 6.04 Å². The number of anilines is 1. The van der Waals surface area contributed by atoms with Gasteiger partial charge < -0.3 is 10.4 Å². The molecule has 3 rings (SSSR count). The maximum Gasteiger partial charge on any atom is 0.328 e. The summed E-state index contributed by atoms with van der Waals surface area (Å²) in [6.45, 7) is 1.84. The molecule has 2 heterocycles. The normalized spacial score (nSPS) is 20.7. The molecule has 1 aromatic carbocycles. The third-order valence-corrected chi connectivity index (χ3v) is 6.40. The zero-order valence-electron chi connectivity index (χ0n) is 14.6. The molecule has 0 aliphatic carbocycles. The van der Waals surface area contributed by atoms with Crippen molar-refractivity contribution in [1.29, 1.82) is 0 Å². The van der Waals surface area contributed by atoms with Gasteiger partial charge in [0.25, 0.3) is 0 Å². The lowest BCUT2D eigenvalue weighted by molar-refractivity contribution is -0.131. The van der Waals surface area contributed by atoms with E-state index in [4.69, 9.17) is 16.7 Å². The fourth-order valence-electron chi connectivity index (χ4n) is 3.03. The number of halogens is 2. The van der Waals surface area contributed by atoms with Crippen LogP contribution in [0.2, 0.25) is 5.02 Å². The molecule has 27 heavy (non-hydrogen) atoms. The fraction of sp³-hybridized carbons (Fsp3) is 0.316. The van der Waals surface area contributed by atoms with Crippen molar-refractivity contribution in [3.8, 4) is 0 Å². The molecule has 1 aliphatic rings. The van der Waals surface area contributed by atoms with Gasteiger partial charge in [0.15, 0.2) is 0 Å². The number of hydrogen-bond donors (Lipinski definition) is 2. The van der Waals surface area contributed by atoms with Gasteiger partial charge >= 0.3 is 5.97 Å². The van der Waals surface area contributed by atoms with E-state index in [0.29, 0.717) is 15.6 Å². The summed E-state index contributed by atoms with van der Waals surface area (Å²) in [6.07, 6.45) is 7.81. The third-order valence-electron chi connectivity index (χ3n) is 4.37. The van der Waals surface area contributed by atoms with Gasteiger partial charge in [-0.15, -0.1) is 0 Å². The van der Waals surface area contributed by atoms with E-state index in [1.807, 2.05) is 18.2 Å².